The minimum absolute atomic E-state index is 0.321. The van der Waals surface area contributed by atoms with Crippen molar-refractivity contribution in [3.63, 3.8) is 0 Å². The van der Waals surface area contributed by atoms with Crippen LogP contribution in [0.4, 0.5) is 0 Å². The van der Waals surface area contributed by atoms with E-state index in [0.717, 1.165) is 21.2 Å². The highest BCUT2D eigenvalue weighted by molar-refractivity contribution is 9.10. The van der Waals surface area contributed by atoms with E-state index in [2.05, 4.69) is 20.9 Å². The Hall–Kier alpha value is -2.20. The van der Waals surface area contributed by atoms with Crippen molar-refractivity contribution >= 4 is 33.9 Å². The monoisotopic (exact) mass is 341 g/mol. The van der Waals surface area contributed by atoms with Gasteiger partial charge in [-0.25, -0.2) is 9.79 Å². The number of carbonyl (C=O) groups excluding carboxylic acids is 1. The van der Waals surface area contributed by atoms with Gasteiger partial charge >= 0.3 is 5.97 Å². The van der Waals surface area contributed by atoms with Crippen molar-refractivity contribution in [1.82, 2.24) is 0 Å². The molecule has 3 nitrogen and oxygen atoms in total. The standard InChI is InChI=1S/C17H12BrNO2/c1-11-4-2-3-5-13(11)10-15-17(20)21-16(19-15)12-6-8-14(18)9-7-12/h2-10H,1H3/b15-10+. The molecular formula is C17H12BrNO2. The first-order valence-corrected chi connectivity index (χ1v) is 7.27. The number of halogens is 1. The van der Waals surface area contributed by atoms with Gasteiger partial charge in [0.1, 0.15) is 0 Å². The van der Waals surface area contributed by atoms with Crippen molar-refractivity contribution in [2.45, 2.75) is 6.92 Å². The molecule has 0 spiro atoms. The highest BCUT2D eigenvalue weighted by Crippen LogP contribution is 2.21. The third-order valence-corrected chi connectivity index (χ3v) is 3.72. The number of aryl methyl sites for hydroxylation is 1. The number of cyclic esters (lactones) is 1. The number of hydrogen-bond donors (Lipinski definition) is 0. The Labute approximate surface area is 131 Å². The lowest BCUT2D eigenvalue weighted by Gasteiger charge is -1.99. The summed E-state index contributed by atoms with van der Waals surface area (Å²) in [7, 11) is 0. The van der Waals surface area contributed by atoms with Crippen LogP contribution < -0.4 is 0 Å². The number of carbonyl (C=O) groups is 1. The molecule has 0 aromatic heterocycles. The summed E-state index contributed by atoms with van der Waals surface area (Å²) >= 11 is 3.37. The third-order valence-electron chi connectivity index (χ3n) is 3.19. The Balaban J connectivity index is 1.96. The van der Waals surface area contributed by atoms with E-state index in [0.29, 0.717) is 11.6 Å². The number of ether oxygens (including phenoxy) is 1. The molecule has 1 aliphatic rings. The van der Waals surface area contributed by atoms with Crippen LogP contribution in [0.2, 0.25) is 0 Å². The van der Waals surface area contributed by atoms with E-state index < -0.39 is 5.97 Å². The van der Waals surface area contributed by atoms with Gasteiger partial charge in [-0.3, -0.25) is 0 Å². The molecule has 0 aliphatic carbocycles. The first kappa shape index (κ1) is 13.8. The van der Waals surface area contributed by atoms with Gasteiger partial charge in [-0.15, -0.1) is 0 Å². The summed E-state index contributed by atoms with van der Waals surface area (Å²) in [6, 6.07) is 15.3. The average molecular weight is 342 g/mol. The summed E-state index contributed by atoms with van der Waals surface area (Å²) in [6.45, 7) is 1.99. The molecule has 3 rings (SSSR count). The van der Waals surface area contributed by atoms with Crippen LogP contribution >= 0.6 is 15.9 Å². The van der Waals surface area contributed by atoms with E-state index in [1.54, 1.807) is 6.08 Å². The van der Waals surface area contributed by atoms with Crippen molar-refractivity contribution in [3.8, 4) is 0 Å². The fourth-order valence-electron chi connectivity index (χ4n) is 2.02. The van der Waals surface area contributed by atoms with Gasteiger partial charge in [0.05, 0.1) is 0 Å². The van der Waals surface area contributed by atoms with Gasteiger partial charge in [-0.2, -0.15) is 0 Å². The van der Waals surface area contributed by atoms with Crippen LogP contribution in [-0.4, -0.2) is 11.9 Å². The van der Waals surface area contributed by atoms with E-state index >= 15 is 0 Å². The zero-order chi connectivity index (χ0) is 14.8. The molecular weight excluding hydrogens is 330 g/mol. The molecule has 0 amide bonds. The molecule has 0 unspecified atom stereocenters. The van der Waals surface area contributed by atoms with Crippen LogP contribution in [0.5, 0.6) is 0 Å². The molecule has 104 valence electrons. The number of nitrogens with zero attached hydrogens (tertiary/aromatic N) is 1. The minimum atomic E-state index is -0.420. The summed E-state index contributed by atoms with van der Waals surface area (Å²) in [5, 5.41) is 0. The SMILES string of the molecule is Cc1ccccc1/C=C1/N=C(c2ccc(Br)cc2)OC1=O. The van der Waals surface area contributed by atoms with E-state index in [1.807, 2.05) is 55.5 Å². The molecule has 0 fully saturated rings. The average Bonchev–Trinajstić information content (AvgIpc) is 2.83. The van der Waals surface area contributed by atoms with Gasteiger partial charge in [-0.05, 0) is 48.4 Å². The molecule has 0 radical (unpaired) electrons. The molecule has 0 saturated carbocycles. The van der Waals surface area contributed by atoms with Crippen molar-refractivity contribution < 1.29 is 9.53 Å². The van der Waals surface area contributed by atoms with Crippen LogP contribution in [0, 0.1) is 6.92 Å². The van der Waals surface area contributed by atoms with Crippen LogP contribution in [0.3, 0.4) is 0 Å². The molecule has 0 bridgehead atoms. The molecule has 1 aliphatic heterocycles. The van der Waals surface area contributed by atoms with Gasteiger partial charge in [0.15, 0.2) is 5.70 Å². The predicted molar refractivity (Wildman–Crippen MR) is 85.9 cm³/mol. The van der Waals surface area contributed by atoms with E-state index in [-0.39, 0.29) is 0 Å². The lowest BCUT2D eigenvalue weighted by atomic mass is 10.1. The van der Waals surface area contributed by atoms with Gasteiger partial charge in [0.25, 0.3) is 0 Å². The van der Waals surface area contributed by atoms with E-state index in [1.165, 1.54) is 0 Å². The number of rotatable bonds is 2. The maximum atomic E-state index is 11.9. The fraction of sp³-hybridized carbons (Fsp3) is 0.0588. The predicted octanol–water partition coefficient (Wildman–Crippen LogP) is 4.10. The number of esters is 1. The van der Waals surface area contributed by atoms with Crippen LogP contribution in [-0.2, 0) is 9.53 Å². The molecule has 2 aromatic carbocycles. The first-order valence-electron chi connectivity index (χ1n) is 6.47. The van der Waals surface area contributed by atoms with Crippen molar-refractivity contribution in [3.05, 3.63) is 75.4 Å². The highest BCUT2D eigenvalue weighted by Gasteiger charge is 2.24. The Bertz CT molecular complexity index is 761. The van der Waals surface area contributed by atoms with Crippen LogP contribution in [0.1, 0.15) is 16.7 Å². The highest BCUT2D eigenvalue weighted by atomic mass is 79.9. The normalized spacial score (nSPS) is 16.0. The second kappa shape index (κ2) is 5.66. The first-order chi connectivity index (χ1) is 10.1. The van der Waals surface area contributed by atoms with Crippen LogP contribution in [0.15, 0.2) is 63.7 Å². The number of benzene rings is 2. The molecule has 0 saturated heterocycles. The summed E-state index contributed by atoms with van der Waals surface area (Å²) in [6.07, 6.45) is 1.75. The Kier molecular flexibility index (Phi) is 3.71. The summed E-state index contributed by atoms with van der Waals surface area (Å²) in [5.74, 6) is -0.0801. The zero-order valence-electron chi connectivity index (χ0n) is 11.3. The van der Waals surface area contributed by atoms with Gasteiger partial charge in [0, 0.05) is 10.0 Å². The summed E-state index contributed by atoms with van der Waals surface area (Å²) in [5.41, 5.74) is 3.15. The van der Waals surface area contributed by atoms with Gasteiger partial charge in [-0.1, -0.05) is 40.2 Å². The summed E-state index contributed by atoms with van der Waals surface area (Å²) in [4.78, 5) is 16.2. The molecule has 0 N–H and O–H groups in total. The number of aliphatic imine (C=N–C) groups is 1. The minimum Gasteiger partial charge on any atom is -0.402 e. The number of hydrogen-bond acceptors (Lipinski definition) is 3. The van der Waals surface area contributed by atoms with Crippen molar-refractivity contribution in [2.24, 2.45) is 4.99 Å². The van der Waals surface area contributed by atoms with Crippen molar-refractivity contribution in [1.29, 1.82) is 0 Å². The molecule has 4 heteroatoms. The quantitative estimate of drug-likeness (QED) is 0.609. The summed E-state index contributed by atoms with van der Waals surface area (Å²) < 4.78 is 6.20. The third kappa shape index (κ3) is 2.95. The second-order valence-corrected chi connectivity index (χ2v) is 5.62. The van der Waals surface area contributed by atoms with E-state index in [4.69, 9.17) is 4.74 Å². The largest absolute Gasteiger partial charge is 0.402 e. The molecule has 21 heavy (non-hydrogen) atoms. The Morgan fingerprint density at radius 1 is 1.10 bits per heavy atom. The Morgan fingerprint density at radius 2 is 1.81 bits per heavy atom. The topological polar surface area (TPSA) is 38.7 Å². The van der Waals surface area contributed by atoms with Gasteiger partial charge in [0.2, 0.25) is 5.90 Å². The fourth-order valence-corrected chi connectivity index (χ4v) is 2.29. The maximum Gasteiger partial charge on any atom is 0.363 e. The lowest BCUT2D eigenvalue weighted by Crippen LogP contribution is -2.05. The van der Waals surface area contributed by atoms with Crippen molar-refractivity contribution in [2.75, 3.05) is 0 Å². The van der Waals surface area contributed by atoms with Gasteiger partial charge < -0.3 is 4.74 Å². The molecule has 0 atom stereocenters. The van der Waals surface area contributed by atoms with Crippen LogP contribution in [0.25, 0.3) is 6.08 Å². The molecule has 1 heterocycles. The second-order valence-electron chi connectivity index (χ2n) is 4.70. The maximum absolute atomic E-state index is 11.9. The van der Waals surface area contributed by atoms with E-state index in [9.17, 15) is 4.79 Å². The molecule has 2 aromatic rings. The Morgan fingerprint density at radius 3 is 2.52 bits per heavy atom. The lowest BCUT2D eigenvalue weighted by molar-refractivity contribution is -0.129. The zero-order valence-corrected chi connectivity index (χ0v) is 12.9. The smallest absolute Gasteiger partial charge is 0.363 e.